The Balaban J connectivity index is 1.34. The average Bonchev–Trinajstić information content (AvgIpc) is 3.32. The monoisotopic (exact) mass is 475 g/mol. The molecule has 0 bridgehead atoms. The summed E-state index contributed by atoms with van der Waals surface area (Å²) in [7, 11) is 0. The number of benzene rings is 2. The van der Waals surface area contributed by atoms with Crippen molar-refractivity contribution < 1.29 is 9.53 Å². The molecule has 174 valence electrons. The molecule has 3 heterocycles. The number of morpholine rings is 1. The van der Waals surface area contributed by atoms with Crippen molar-refractivity contribution in [2.45, 2.75) is 19.8 Å². The zero-order valence-corrected chi connectivity index (χ0v) is 19.8. The van der Waals surface area contributed by atoms with Crippen molar-refractivity contribution in [2.24, 2.45) is 0 Å². The Hall–Kier alpha value is -3.63. The van der Waals surface area contributed by atoms with Crippen molar-refractivity contribution in [1.82, 2.24) is 24.8 Å². The molecular formula is C24H25N7O2S. The van der Waals surface area contributed by atoms with Crippen LogP contribution in [-0.2, 0) is 4.74 Å². The fourth-order valence-electron chi connectivity index (χ4n) is 3.60. The first-order valence-electron chi connectivity index (χ1n) is 11.2. The number of hydrogen-bond donors (Lipinski definition) is 2. The van der Waals surface area contributed by atoms with Crippen LogP contribution in [0.3, 0.4) is 0 Å². The number of aromatic nitrogens is 4. The number of nitrogens with zero attached hydrogens (tertiary/aromatic N) is 5. The highest BCUT2D eigenvalue weighted by atomic mass is 32.1. The minimum absolute atomic E-state index is 0.0153. The van der Waals surface area contributed by atoms with Gasteiger partial charge in [0.2, 0.25) is 11.9 Å². The Kier molecular flexibility index (Phi) is 6.33. The predicted molar refractivity (Wildman–Crippen MR) is 133 cm³/mol. The molecule has 2 aromatic carbocycles. The number of carbonyl (C=O) groups is 1. The lowest BCUT2D eigenvalue weighted by atomic mass is 10.1. The lowest BCUT2D eigenvalue weighted by Gasteiger charge is -2.26. The van der Waals surface area contributed by atoms with Crippen molar-refractivity contribution in [3.63, 3.8) is 0 Å². The van der Waals surface area contributed by atoms with Gasteiger partial charge in [-0.3, -0.25) is 4.79 Å². The smallest absolute Gasteiger partial charge is 0.254 e. The van der Waals surface area contributed by atoms with Gasteiger partial charge in [0, 0.05) is 35.9 Å². The largest absolute Gasteiger partial charge is 0.378 e. The topological polar surface area (TPSA) is 105 Å². The van der Waals surface area contributed by atoms with Crippen molar-refractivity contribution in [1.29, 1.82) is 0 Å². The second-order valence-electron chi connectivity index (χ2n) is 8.26. The highest BCUT2D eigenvalue weighted by Gasteiger charge is 2.18. The predicted octanol–water partition coefficient (Wildman–Crippen LogP) is 4.56. The van der Waals surface area contributed by atoms with Gasteiger partial charge in [-0.15, -0.1) is 11.3 Å². The van der Waals surface area contributed by atoms with Crippen LogP contribution in [-0.4, -0.2) is 57.0 Å². The van der Waals surface area contributed by atoms with Gasteiger partial charge < -0.3 is 20.3 Å². The van der Waals surface area contributed by atoms with Crippen LogP contribution < -0.4 is 10.6 Å². The van der Waals surface area contributed by atoms with Crippen molar-refractivity contribution >= 4 is 50.7 Å². The molecule has 1 aliphatic heterocycles. The molecule has 1 saturated heterocycles. The van der Waals surface area contributed by atoms with Gasteiger partial charge >= 0.3 is 0 Å². The van der Waals surface area contributed by atoms with Gasteiger partial charge in [0.15, 0.2) is 0 Å². The van der Waals surface area contributed by atoms with E-state index >= 15 is 0 Å². The summed E-state index contributed by atoms with van der Waals surface area (Å²) in [6.07, 6.45) is 0. The molecule has 5 rings (SSSR count). The number of hydrogen-bond acceptors (Lipinski definition) is 9. The lowest BCUT2D eigenvalue weighted by molar-refractivity contribution is 0.0303. The van der Waals surface area contributed by atoms with Crippen LogP contribution in [0.5, 0.6) is 0 Å². The third-order valence-corrected chi connectivity index (χ3v) is 6.23. The Morgan fingerprint density at radius 3 is 2.35 bits per heavy atom. The molecule has 1 aliphatic rings. The first-order chi connectivity index (χ1) is 16.5. The molecule has 34 heavy (non-hydrogen) atoms. The minimum Gasteiger partial charge on any atom is -0.378 e. The standard InChI is InChI=1S/C24H25N7O2S/c1-15(2)21-28-23(30-24(29-21)27-18-7-8-19-20(13-18)34-14-25-19)26-17-5-3-16(4-6-17)22(32)31-9-11-33-12-10-31/h3-8,13-15H,9-12H2,1-2H3,(H2,26,27,28,29,30). The molecule has 1 amide bonds. The summed E-state index contributed by atoms with van der Waals surface area (Å²) < 4.78 is 6.42. The van der Waals surface area contributed by atoms with Gasteiger partial charge in [-0.1, -0.05) is 13.8 Å². The number of rotatable bonds is 6. The van der Waals surface area contributed by atoms with Gasteiger partial charge in [-0.25, -0.2) is 4.98 Å². The van der Waals surface area contributed by atoms with E-state index in [1.54, 1.807) is 11.3 Å². The molecule has 1 fully saturated rings. The normalized spacial score (nSPS) is 13.9. The fraction of sp³-hybridized carbons (Fsp3) is 0.292. The van der Waals surface area contributed by atoms with Crippen molar-refractivity contribution in [3.05, 3.63) is 59.4 Å². The quantitative estimate of drug-likeness (QED) is 0.418. The number of fused-ring (bicyclic) bond motifs is 1. The maximum Gasteiger partial charge on any atom is 0.254 e. The number of amides is 1. The Labute approximate surface area is 201 Å². The third kappa shape index (κ3) is 4.97. The van der Waals surface area contributed by atoms with Crippen LogP contribution in [0, 0.1) is 0 Å². The van der Waals surface area contributed by atoms with Crippen LogP contribution in [0.2, 0.25) is 0 Å². The number of carbonyl (C=O) groups excluding carboxylic acids is 1. The number of nitrogens with one attached hydrogen (secondary N) is 2. The fourth-order valence-corrected chi connectivity index (χ4v) is 4.31. The zero-order valence-electron chi connectivity index (χ0n) is 19.0. The molecule has 0 spiro atoms. The third-order valence-electron chi connectivity index (χ3n) is 5.44. The Bertz CT molecular complexity index is 1300. The van der Waals surface area contributed by atoms with Gasteiger partial charge in [0.05, 0.1) is 28.9 Å². The molecule has 0 saturated carbocycles. The van der Waals surface area contributed by atoms with Gasteiger partial charge in [0.1, 0.15) is 5.82 Å². The SMILES string of the molecule is CC(C)c1nc(Nc2ccc(C(=O)N3CCOCC3)cc2)nc(Nc2ccc3ncsc3c2)n1. The molecule has 0 unspecified atom stereocenters. The highest BCUT2D eigenvalue weighted by Crippen LogP contribution is 2.25. The summed E-state index contributed by atoms with van der Waals surface area (Å²) in [4.78, 5) is 32.5. The maximum atomic E-state index is 12.7. The van der Waals surface area contributed by atoms with Gasteiger partial charge in [0.25, 0.3) is 5.91 Å². The number of ether oxygens (including phenoxy) is 1. The summed E-state index contributed by atoms with van der Waals surface area (Å²) in [6, 6.07) is 13.3. The van der Waals surface area contributed by atoms with E-state index in [0.29, 0.717) is 49.6 Å². The summed E-state index contributed by atoms with van der Waals surface area (Å²) >= 11 is 1.59. The van der Waals surface area contributed by atoms with E-state index in [1.807, 2.05) is 66.7 Å². The van der Waals surface area contributed by atoms with E-state index < -0.39 is 0 Å². The molecule has 10 heteroatoms. The average molecular weight is 476 g/mol. The summed E-state index contributed by atoms with van der Waals surface area (Å²) in [5.41, 5.74) is 5.11. The van der Waals surface area contributed by atoms with E-state index in [9.17, 15) is 4.79 Å². The Morgan fingerprint density at radius 1 is 0.971 bits per heavy atom. The van der Waals surface area contributed by atoms with Crippen molar-refractivity contribution in [3.8, 4) is 0 Å². The first kappa shape index (κ1) is 22.2. The van der Waals surface area contributed by atoms with E-state index in [0.717, 1.165) is 21.6 Å². The molecule has 0 atom stereocenters. The van der Waals surface area contributed by atoms with Crippen LogP contribution in [0.25, 0.3) is 10.2 Å². The molecule has 2 N–H and O–H groups in total. The summed E-state index contributed by atoms with van der Waals surface area (Å²) in [6.45, 7) is 6.48. The highest BCUT2D eigenvalue weighted by molar-refractivity contribution is 7.16. The zero-order chi connectivity index (χ0) is 23.5. The summed E-state index contributed by atoms with van der Waals surface area (Å²) in [5, 5.41) is 6.53. The van der Waals surface area contributed by atoms with E-state index in [1.165, 1.54) is 0 Å². The molecule has 9 nitrogen and oxygen atoms in total. The van der Waals surface area contributed by atoms with Crippen LogP contribution in [0.4, 0.5) is 23.3 Å². The number of anilines is 4. The first-order valence-corrected chi connectivity index (χ1v) is 12.0. The van der Waals surface area contributed by atoms with E-state index in [4.69, 9.17) is 4.74 Å². The van der Waals surface area contributed by atoms with Crippen LogP contribution in [0.1, 0.15) is 35.9 Å². The van der Waals surface area contributed by atoms with Crippen LogP contribution >= 0.6 is 11.3 Å². The van der Waals surface area contributed by atoms with Gasteiger partial charge in [-0.2, -0.15) is 15.0 Å². The maximum absolute atomic E-state index is 12.7. The number of thiazole rings is 1. The molecule has 0 radical (unpaired) electrons. The Morgan fingerprint density at radius 2 is 1.65 bits per heavy atom. The van der Waals surface area contributed by atoms with Crippen molar-refractivity contribution in [2.75, 3.05) is 36.9 Å². The van der Waals surface area contributed by atoms with E-state index in [2.05, 4.69) is 30.6 Å². The minimum atomic E-state index is 0.0153. The van der Waals surface area contributed by atoms with E-state index in [-0.39, 0.29) is 11.8 Å². The van der Waals surface area contributed by atoms with Crippen LogP contribution in [0.15, 0.2) is 48.0 Å². The lowest BCUT2D eigenvalue weighted by Crippen LogP contribution is -2.40. The molecule has 4 aromatic rings. The molecular weight excluding hydrogens is 450 g/mol. The second-order valence-corrected chi connectivity index (χ2v) is 9.15. The summed E-state index contributed by atoms with van der Waals surface area (Å²) in [5.74, 6) is 1.72. The molecule has 2 aromatic heterocycles. The van der Waals surface area contributed by atoms with Gasteiger partial charge in [-0.05, 0) is 42.5 Å². The second kappa shape index (κ2) is 9.70. The molecule has 0 aliphatic carbocycles.